The normalized spacial score (nSPS) is 12.9. The van der Waals surface area contributed by atoms with Crippen LogP contribution in [0.5, 0.6) is 0 Å². The van der Waals surface area contributed by atoms with Crippen LogP contribution in [0.3, 0.4) is 0 Å². The van der Waals surface area contributed by atoms with Crippen molar-refractivity contribution in [3.63, 3.8) is 0 Å². The summed E-state index contributed by atoms with van der Waals surface area (Å²) in [6, 6.07) is 9.30. The molecule has 1 N–H and O–H groups in total. The summed E-state index contributed by atoms with van der Waals surface area (Å²) in [6.45, 7) is 0.555. The van der Waals surface area contributed by atoms with Gasteiger partial charge in [-0.1, -0.05) is 18.2 Å². The Labute approximate surface area is 110 Å². The summed E-state index contributed by atoms with van der Waals surface area (Å²) in [7, 11) is 0. The van der Waals surface area contributed by atoms with Gasteiger partial charge in [-0.25, -0.2) is 15.0 Å². The highest BCUT2D eigenvalue weighted by atomic mass is 35.5. The minimum Gasteiger partial charge on any atom is -0.279 e. The van der Waals surface area contributed by atoms with Gasteiger partial charge in [-0.3, -0.25) is 10.2 Å². The fourth-order valence-corrected chi connectivity index (χ4v) is 1.84. The van der Waals surface area contributed by atoms with E-state index in [9.17, 15) is 4.79 Å². The molecule has 0 unspecified atom stereocenters. The van der Waals surface area contributed by atoms with Crippen LogP contribution in [-0.4, -0.2) is 20.9 Å². The summed E-state index contributed by atoms with van der Waals surface area (Å²) in [5, 5.41) is 1.55. The van der Waals surface area contributed by atoms with Crippen LogP contribution in [0.2, 0.25) is 0 Å². The molecule has 1 aromatic heterocycles. The largest absolute Gasteiger partial charge is 0.279 e. The van der Waals surface area contributed by atoms with Crippen LogP contribution in [-0.2, 0) is 6.54 Å². The maximum absolute atomic E-state index is 12.0. The average molecular weight is 263 g/mol. The van der Waals surface area contributed by atoms with Gasteiger partial charge in [-0.2, -0.15) is 0 Å². The second-order valence-electron chi connectivity index (χ2n) is 3.75. The zero-order valence-corrected chi connectivity index (χ0v) is 10.2. The summed E-state index contributed by atoms with van der Waals surface area (Å²) < 4.78 is 0. The van der Waals surface area contributed by atoms with Crippen molar-refractivity contribution in [1.82, 2.24) is 15.0 Å². The third-order valence-electron chi connectivity index (χ3n) is 2.65. The van der Waals surface area contributed by atoms with Gasteiger partial charge in [0.1, 0.15) is 12.1 Å². The Morgan fingerprint density at radius 3 is 2.78 bits per heavy atom. The molecule has 0 radical (unpaired) electrons. The minimum atomic E-state index is -0.0285. The molecule has 2 aromatic rings. The van der Waals surface area contributed by atoms with E-state index in [0.29, 0.717) is 12.4 Å². The molecule has 0 atom stereocenters. The van der Waals surface area contributed by atoms with Gasteiger partial charge in [0.25, 0.3) is 5.91 Å². The van der Waals surface area contributed by atoms with E-state index in [1.165, 1.54) is 6.33 Å². The zero-order valence-electron chi connectivity index (χ0n) is 9.41. The smallest absolute Gasteiger partial charge is 0.272 e. The average Bonchev–Trinajstić information content (AvgIpc) is 2.68. The Bertz CT molecular complexity index is 561. The van der Waals surface area contributed by atoms with Crippen molar-refractivity contribution < 1.29 is 4.79 Å². The number of aromatic nitrogens is 2. The van der Waals surface area contributed by atoms with E-state index in [0.717, 1.165) is 11.1 Å². The predicted molar refractivity (Wildman–Crippen MR) is 69.2 cm³/mol. The van der Waals surface area contributed by atoms with E-state index in [1.807, 2.05) is 24.3 Å². The van der Waals surface area contributed by atoms with Crippen LogP contribution < -0.4 is 5.43 Å². The molecule has 0 saturated heterocycles. The lowest BCUT2D eigenvalue weighted by atomic mass is 10.1. The number of rotatable bonds is 2. The third kappa shape index (κ3) is 2.12. The number of anilines is 1. The fourth-order valence-electron chi connectivity index (χ4n) is 1.84. The number of hydrogen-bond donors (Lipinski definition) is 1. The summed E-state index contributed by atoms with van der Waals surface area (Å²) in [5.41, 5.74) is 4.74. The molecular formula is C12H11ClN4O. The summed E-state index contributed by atoms with van der Waals surface area (Å²) >= 11 is 0. The standard InChI is InChI=1S/C12H10N4O.ClH/c17-12-10-4-2-1-3-9(10)7-16(12)15-11-5-6-13-8-14-11;/h1-6,8H,7H2,(H,13,14,15);1H. The van der Waals surface area contributed by atoms with Crippen molar-refractivity contribution in [1.29, 1.82) is 0 Å². The van der Waals surface area contributed by atoms with Gasteiger partial charge in [0.15, 0.2) is 0 Å². The summed E-state index contributed by atoms with van der Waals surface area (Å²) in [6.07, 6.45) is 3.07. The molecule has 18 heavy (non-hydrogen) atoms. The molecule has 0 saturated carbocycles. The lowest BCUT2D eigenvalue weighted by Crippen LogP contribution is -2.30. The van der Waals surface area contributed by atoms with Gasteiger partial charge in [0, 0.05) is 17.8 Å². The molecule has 5 nitrogen and oxygen atoms in total. The van der Waals surface area contributed by atoms with E-state index >= 15 is 0 Å². The second kappa shape index (κ2) is 5.01. The highest BCUT2D eigenvalue weighted by Gasteiger charge is 2.26. The van der Waals surface area contributed by atoms with E-state index in [-0.39, 0.29) is 18.3 Å². The molecule has 3 rings (SSSR count). The van der Waals surface area contributed by atoms with Crippen LogP contribution in [0.15, 0.2) is 42.9 Å². The van der Waals surface area contributed by atoms with Gasteiger partial charge >= 0.3 is 0 Å². The number of nitrogens with one attached hydrogen (secondary N) is 1. The van der Waals surface area contributed by atoms with Crippen LogP contribution in [0.1, 0.15) is 15.9 Å². The number of halogens is 1. The van der Waals surface area contributed by atoms with Gasteiger partial charge < -0.3 is 0 Å². The summed E-state index contributed by atoms with van der Waals surface area (Å²) in [5.74, 6) is 0.584. The Morgan fingerprint density at radius 2 is 2.06 bits per heavy atom. The minimum absolute atomic E-state index is 0. The van der Waals surface area contributed by atoms with E-state index in [4.69, 9.17) is 0 Å². The molecule has 0 spiro atoms. The Balaban J connectivity index is 0.00000120. The maximum Gasteiger partial charge on any atom is 0.272 e. The second-order valence-corrected chi connectivity index (χ2v) is 3.75. The molecule has 0 bridgehead atoms. The van der Waals surface area contributed by atoms with Crippen molar-refractivity contribution >= 4 is 24.1 Å². The van der Waals surface area contributed by atoms with Crippen molar-refractivity contribution in [2.45, 2.75) is 6.54 Å². The van der Waals surface area contributed by atoms with Crippen molar-refractivity contribution in [2.75, 3.05) is 5.43 Å². The van der Waals surface area contributed by atoms with E-state index in [2.05, 4.69) is 15.4 Å². The fraction of sp³-hybridized carbons (Fsp3) is 0.0833. The number of hydrazine groups is 1. The molecule has 0 fully saturated rings. The number of fused-ring (bicyclic) bond motifs is 1. The topological polar surface area (TPSA) is 58.1 Å². The molecule has 1 amide bonds. The molecule has 1 aliphatic heterocycles. The first kappa shape index (κ1) is 12.3. The Kier molecular flexibility index (Phi) is 3.43. The maximum atomic E-state index is 12.0. The monoisotopic (exact) mass is 262 g/mol. The molecule has 1 aromatic carbocycles. The first-order valence-electron chi connectivity index (χ1n) is 5.27. The van der Waals surface area contributed by atoms with Crippen molar-refractivity contribution in [3.05, 3.63) is 54.0 Å². The lowest BCUT2D eigenvalue weighted by Gasteiger charge is -2.16. The highest BCUT2D eigenvalue weighted by Crippen LogP contribution is 2.22. The number of carbonyl (C=O) groups is 1. The van der Waals surface area contributed by atoms with Crippen LogP contribution in [0.25, 0.3) is 0 Å². The summed E-state index contributed by atoms with van der Waals surface area (Å²) in [4.78, 5) is 19.9. The Morgan fingerprint density at radius 1 is 1.22 bits per heavy atom. The van der Waals surface area contributed by atoms with E-state index < -0.39 is 0 Å². The van der Waals surface area contributed by atoms with Gasteiger partial charge in [-0.05, 0) is 11.6 Å². The Hall–Kier alpha value is -2.14. The number of carbonyl (C=O) groups excluding carboxylic acids is 1. The first-order chi connectivity index (χ1) is 8.34. The molecule has 2 heterocycles. The van der Waals surface area contributed by atoms with Crippen LogP contribution in [0, 0.1) is 0 Å². The quantitative estimate of drug-likeness (QED) is 0.898. The number of hydrogen-bond acceptors (Lipinski definition) is 4. The van der Waals surface area contributed by atoms with Crippen molar-refractivity contribution in [3.8, 4) is 0 Å². The van der Waals surface area contributed by atoms with Gasteiger partial charge in [0.05, 0.1) is 6.54 Å². The first-order valence-corrected chi connectivity index (χ1v) is 5.27. The predicted octanol–water partition coefficient (Wildman–Crippen LogP) is 1.88. The molecule has 6 heteroatoms. The highest BCUT2D eigenvalue weighted by molar-refractivity contribution is 5.98. The van der Waals surface area contributed by atoms with E-state index in [1.54, 1.807) is 17.3 Å². The zero-order chi connectivity index (χ0) is 11.7. The van der Waals surface area contributed by atoms with Gasteiger partial charge in [0.2, 0.25) is 0 Å². The number of benzene rings is 1. The lowest BCUT2D eigenvalue weighted by molar-refractivity contribution is 0.0814. The SMILES string of the molecule is Cl.O=C1c2ccccc2CN1Nc1ccncn1. The molecule has 0 aliphatic carbocycles. The third-order valence-corrected chi connectivity index (χ3v) is 2.65. The number of nitrogens with zero attached hydrogens (tertiary/aromatic N) is 3. The van der Waals surface area contributed by atoms with Crippen LogP contribution >= 0.6 is 12.4 Å². The van der Waals surface area contributed by atoms with Crippen molar-refractivity contribution in [2.24, 2.45) is 0 Å². The van der Waals surface area contributed by atoms with Crippen LogP contribution in [0.4, 0.5) is 5.82 Å². The molecule has 1 aliphatic rings. The van der Waals surface area contributed by atoms with Gasteiger partial charge in [-0.15, -0.1) is 12.4 Å². The molecule has 92 valence electrons. The molecular weight excluding hydrogens is 252 g/mol. The number of amides is 1.